The average Bonchev–Trinajstić information content (AvgIpc) is 3.05. The first kappa shape index (κ1) is 17.6. The van der Waals surface area contributed by atoms with Crippen LogP contribution in [0.4, 0.5) is 0 Å². The number of amides is 2. The largest absolute Gasteiger partial charge is 0.467 e. The Morgan fingerprint density at radius 1 is 1.35 bits per heavy atom. The van der Waals surface area contributed by atoms with E-state index >= 15 is 0 Å². The Hall–Kier alpha value is -1.78. The number of furan rings is 1. The monoisotopic (exact) mass is 320 g/mol. The number of nitrogens with one attached hydrogen (secondary N) is 1. The minimum atomic E-state index is -0.865. The highest BCUT2D eigenvalue weighted by atomic mass is 16.3. The third kappa shape index (κ3) is 4.15. The van der Waals surface area contributed by atoms with Crippen molar-refractivity contribution in [2.75, 3.05) is 0 Å². The summed E-state index contributed by atoms with van der Waals surface area (Å²) in [5, 5.41) is 3.16. The fourth-order valence-electron chi connectivity index (χ4n) is 3.25. The van der Waals surface area contributed by atoms with Crippen LogP contribution in [0.15, 0.2) is 22.8 Å². The molecule has 1 aliphatic carbocycles. The van der Waals surface area contributed by atoms with Gasteiger partial charge in [0.05, 0.1) is 12.8 Å². The van der Waals surface area contributed by atoms with Crippen LogP contribution >= 0.6 is 0 Å². The minimum Gasteiger partial charge on any atom is -0.467 e. The summed E-state index contributed by atoms with van der Waals surface area (Å²) in [7, 11) is 0. The first-order chi connectivity index (χ1) is 11.0. The quantitative estimate of drug-likeness (QED) is 0.875. The highest BCUT2D eigenvalue weighted by Crippen LogP contribution is 2.25. The average molecular weight is 320 g/mol. The second kappa shape index (κ2) is 7.66. The van der Waals surface area contributed by atoms with Crippen molar-refractivity contribution >= 4 is 11.8 Å². The van der Waals surface area contributed by atoms with Gasteiger partial charge in [-0.3, -0.25) is 9.59 Å². The minimum absolute atomic E-state index is 0.0614. The van der Waals surface area contributed by atoms with E-state index in [1.54, 1.807) is 17.2 Å². The summed E-state index contributed by atoms with van der Waals surface area (Å²) in [6.07, 6.45) is 7.78. The molecular formula is C18H28N2O3. The molecule has 0 bridgehead atoms. The third-order valence-corrected chi connectivity index (χ3v) is 4.99. The molecule has 1 aliphatic rings. The van der Waals surface area contributed by atoms with Crippen molar-refractivity contribution in [1.82, 2.24) is 10.2 Å². The van der Waals surface area contributed by atoms with Crippen molar-refractivity contribution in [2.45, 2.75) is 77.4 Å². The molecule has 0 unspecified atom stereocenters. The standard InChI is InChI=1S/C18H28N2O3/c1-4-18(3,17(22)19-15-9-6-5-7-10-15)20(14(2)21)13-16-11-8-12-23-16/h8,11-12,15H,4-7,9-10,13H2,1-3H3,(H,19,22)/t18-/m0/s1. The van der Waals surface area contributed by atoms with Crippen molar-refractivity contribution < 1.29 is 14.0 Å². The molecule has 1 atom stereocenters. The molecule has 1 N–H and O–H groups in total. The Kier molecular flexibility index (Phi) is 5.85. The molecule has 0 spiro atoms. The summed E-state index contributed by atoms with van der Waals surface area (Å²) >= 11 is 0. The Labute approximate surface area is 138 Å². The summed E-state index contributed by atoms with van der Waals surface area (Å²) in [5.74, 6) is 0.503. The van der Waals surface area contributed by atoms with Crippen LogP contribution in [0.25, 0.3) is 0 Å². The molecule has 2 rings (SSSR count). The second-order valence-corrected chi connectivity index (χ2v) is 6.62. The fraction of sp³-hybridized carbons (Fsp3) is 0.667. The molecule has 5 nitrogen and oxygen atoms in total. The zero-order chi connectivity index (χ0) is 16.9. The zero-order valence-electron chi connectivity index (χ0n) is 14.4. The van der Waals surface area contributed by atoms with E-state index in [1.807, 2.05) is 19.9 Å². The van der Waals surface area contributed by atoms with Crippen LogP contribution < -0.4 is 5.32 Å². The summed E-state index contributed by atoms with van der Waals surface area (Å²) in [4.78, 5) is 26.7. The van der Waals surface area contributed by atoms with Gasteiger partial charge < -0.3 is 14.6 Å². The molecular weight excluding hydrogens is 292 g/mol. The van der Waals surface area contributed by atoms with Crippen molar-refractivity contribution in [3.63, 3.8) is 0 Å². The fourth-order valence-corrected chi connectivity index (χ4v) is 3.25. The number of hydrogen-bond acceptors (Lipinski definition) is 3. The SMILES string of the molecule is CC[C@@](C)(C(=O)NC1CCCCC1)N(Cc1ccco1)C(C)=O. The Balaban J connectivity index is 2.13. The first-order valence-electron chi connectivity index (χ1n) is 8.59. The van der Waals surface area contributed by atoms with Crippen LogP contribution in [-0.4, -0.2) is 28.3 Å². The predicted molar refractivity (Wildman–Crippen MR) is 88.6 cm³/mol. The molecule has 1 aromatic rings. The number of carbonyl (C=O) groups excluding carboxylic acids is 2. The van der Waals surface area contributed by atoms with Gasteiger partial charge in [0.25, 0.3) is 0 Å². The van der Waals surface area contributed by atoms with Crippen LogP contribution in [-0.2, 0) is 16.1 Å². The number of rotatable bonds is 6. The molecule has 5 heteroatoms. The summed E-state index contributed by atoms with van der Waals surface area (Å²) in [6.45, 7) is 5.60. The van der Waals surface area contributed by atoms with Gasteiger partial charge in [-0.05, 0) is 38.3 Å². The van der Waals surface area contributed by atoms with Crippen molar-refractivity contribution in [3.8, 4) is 0 Å². The molecule has 23 heavy (non-hydrogen) atoms. The first-order valence-corrected chi connectivity index (χ1v) is 8.59. The zero-order valence-corrected chi connectivity index (χ0v) is 14.4. The number of hydrogen-bond donors (Lipinski definition) is 1. The van der Waals surface area contributed by atoms with E-state index in [0.717, 1.165) is 25.7 Å². The number of carbonyl (C=O) groups is 2. The molecule has 0 radical (unpaired) electrons. The second-order valence-electron chi connectivity index (χ2n) is 6.62. The molecule has 0 saturated heterocycles. The molecule has 1 saturated carbocycles. The van der Waals surface area contributed by atoms with Gasteiger partial charge in [0.2, 0.25) is 11.8 Å². The molecule has 128 valence electrons. The van der Waals surface area contributed by atoms with Crippen LogP contribution in [0.3, 0.4) is 0 Å². The highest BCUT2D eigenvalue weighted by molar-refractivity contribution is 5.90. The van der Waals surface area contributed by atoms with Crippen molar-refractivity contribution in [3.05, 3.63) is 24.2 Å². The van der Waals surface area contributed by atoms with E-state index in [2.05, 4.69) is 5.32 Å². The lowest BCUT2D eigenvalue weighted by molar-refractivity contribution is -0.147. The Morgan fingerprint density at radius 2 is 2.04 bits per heavy atom. The summed E-state index contributed by atoms with van der Waals surface area (Å²) < 4.78 is 5.36. The van der Waals surface area contributed by atoms with Gasteiger partial charge >= 0.3 is 0 Å². The molecule has 1 fully saturated rings. The maximum Gasteiger partial charge on any atom is 0.245 e. The summed E-state index contributed by atoms with van der Waals surface area (Å²) in [5.41, 5.74) is -0.865. The van der Waals surface area contributed by atoms with E-state index in [1.165, 1.54) is 13.3 Å². The summed E-state index contributed by atoms with van der Waals surface area (Å²) in [6, 6.07) is 3.85. The van der Waals surface area contributed by atoms with E-state index in [4.69, 9.17) is 4.42 Å². The maximum absolute atomic E-state index is 12.9. The van der Waals surface area contributed by atoms with Gasteiger partial charge in [-0.25, -0.2) is 0 Å². The smallest absolute Gasteiger partial charge is 0.245 e. The van der Waals surface area contributed by atoms with E-state index in [9.17, 15) is 9.59 Å². The van der Waals surface area contributed by atoms with E-state index in [-0.39, 0.29) is 17.9 Å². The lowest BCUT2D eigenvalue weighted by Crippen LogP contribution is -2.59. The van der Waals surface area contributed by atoms with Crippen molar-refractivity contribution in [2.24, 2.45) is 0 Å². The molecule has 0 aromatic carbocycles. The van der Waals surface area contributed by atoms with Gasteiger partial charge in [0.15, 0.2) is 0 Å². The number of nitrogens with zero attached hydrogens (tertiary/aromatic N) is 1. The Bertz CT molecular complexity index is 520. The van der Waals surface area contributed by atoms with Gasteiger partial charge in [-0.15, -0.1) is 0 Å². The molecule has 1 heterocycles. The lowest BCUT2D eigenvalue weighted by Gasteiger charge is -2.40. The van der Waals surface area contributed by atoms with Gasteiger partial charge in [-0.2, -0.15) is 0 Å². The maximum atomic E-state index is 12.9. The normalized spacial score (nSPS) is 18.2. The van der Waals surface area contributed by atoms with Crippen molar-refractivity contribution in [1.29, 1.82) is 0 Å². The van der Waals surface area contributed by atoms with E-state index < -0.39 is 5.54 Å². The molecule has 2 amide bonds. The van der Waals surface area contributed by atoms with Crippen LogP contribution in [0.2, 0.25) is 0 Å². The highest BCUT2D eigenvalue weighted by Gasteiger charge is 2.40. The van der Waals surface area contributed by atoms with Gasteiger partial charge in [0, 0.05) is 13.0 Å². The van der Waals surface area contributed by atoms with Gasteiger partial charge in [0.1, 0.15) is 11.3 Å². The van der Waals surface area contributed by atoms with Crippen LogP contribution in [0.1, 0.15) is 65.1 Å². The molecule has 1 aromatic heterocycles. The van der Waals surface area contributed by atoms with Crippen LogP contribution in [0, 0.1) is 0 Å². The van der Waals surface area contributed by atoms with Gasteiger partial charge in [-0.1, -0.05) is 26.2 Å². The lowest BCUT2D eigenvalue weighted by atomic mass is 9.91. The predicted octanol–water partition coefficient (Wildman–Crippen LogP) is 3.25. The van der Waals surface area contributed by atoms with E-state index in [0.29, 0.717) is 18.7 Å². The third-order valence-electron chi connectivity index (χ3n) is 4.99. The molecule has 0 aliphatic heterocycles. The van der Waals surface area contributed by atoms with Crippen LogP contribution in [0.5, 0.6) is 0 Å². The Morgan fingerprint density at radius 3 is 2.57 bits per heavy atom. The topological polar surface area (TPSA) is 62.6 Å².